The van der Waals surface area contributed by atoms with Gasteiger partial charge in [-0.25, -0.2) is 9.37 Å². The Kier molecular flexibility index (Phi) is 5.19. The summed E-state index contributed by atoms with van der Waals surface area (Å²) in [4.78, 5) is 3.89. The Morgan fingerprint density at radius 2 is 2.40 bits per heavy atom. The second-order valence-electron chi connectivity index (χ2n) is 3.43. The van der Waals surface area contributed by atoms with E-state index >= 15 is 0 Å². The number of hydrogen-bond donors (Lipinski definition) is 1. The summed E-state index contributed by atoms with van der Waals surface area (Å²) in [6.07, 6.45) is 3.49. The van der Waals surface area contributed by atoms with Gasteiger partial charge in [-0.15, -0.1) is 0 Å². The Hall–Kier alpha value is -0.480. The Labute approximate surface area is 98.6 Å². The number of hydrogen-bond acceptors (Lipinski definition) is 3. The van der Waals surface area contributed by atoms with E-state index in [9.17, 15) is 4.39 Å². The van der Waals surface area contributed by atoms with Crippen molar-refractivity contribution in [2.24, 2.45) is 5.92 Å². The minimum atomic E-state index is -0.404. The molecule has 0 spiro atoms. The molecule has 0 fully saturated rings. The lowest BCUT2D eigenvalue weighted by Gasteiger charge is -2.11. The summed E-state index contributed by atoms with van der Waals surface area (Å²) in [5, 5.41) is 3.28. The van der Waals surface area contributed by atoms with Gasteiger partial charge in [-0.05, 0) is 24.0 Å². The number of halogens is 2. The van der Waals surface area contributed by atoms with Gasteiger partial charge in [-0.1, -0.05) is 18.5 Å². The van der Waals surface area contributed by atoms with Crippen LogP contribution in [0.4, 0.5) is 10.2 Å². The standard InChI is InChI=1S/C10H14ClFN2S/c1-7(6-15-2)4-13-10-9(12)3-8(11)5-14-10/h3,5,7H,4,6H2,1-2H3,(H,13,14). The molecule has 0 radical (unpaired) electrons. The molecular weight excluding hydrogens is 235 g/mol. The average molecular weight is 249 g/mol. The van der Waals surface area contributed by atoms with E-state index in [1.807, 2.05) is 0 Å². The molecule has 0 bridgehead atoms. The van der Waals surface area contributed by atoms with Gasteiger partial charge in [0.2, 0.25) is 0 Å². The molecule has 1 unspecified atom stereocenters. The van der Waals surface area contributed by atoms with Crippen molar-refractivity contribution in [3.05, 3.63) is 23.1 Å². The molecule has 1 atom stereocenters. The minimum Gasteiger partial charge on any atom is -0.367 e. The highest BCUT2D eigenvalue weighted by Crippen LogP contribution is 2.16. The second kappa shape index (κ2) is 6.18. The van der Waals surface area contributed by atoms with Crippen LogP contribution in [0.2, 0.25) is 5.02 Å². The number of nitrogens with one attached hydrogen (secondary N) is 1. The maximum Gasteiger partial charge on any atom is 0.166 e. The fraction of sp³-hybridized carbons (Fsp3) is 0.500. The van der Waals surface area contributed by atoms with Crippen LogP contribution in [0.3, 0.4) is 0 Å². The number of anilines is 1. The minimum absolute atomic E-state index is 0.271. The molecule has 0 amide bonds. The number of pyridine rings is 1. The van der Waals surface area contributed by atoms with E-state index in [0.717, 1.165) is 5.75 Å². The molecule has 0 aliphatic heterocycles. The molecule has 1 aromatic heterocycles. The van der Waals surface area contributed by atoms with Crippen LogP contribution >= 0.6 is 23.4 Å². The van der Waals surface area contributed by atoms with Crippen LogP contribution in [-0.2, 0) is 0 Å². The highest BCUT2D eigenvalue weighted by molar-refractivity contribution is 7.98. The average Bonchev–Trinajstić information content (AvgIpc) is 2.17. The van der Waals surface area contributed by atoms with Crippen molar-refractivity contribution in [3.8, 4) is 0 Å². The van der Waals surface area contributed by atoms with Gasteiger partial charge in [0.15, 0.2) is 11.6 Å². The summed E-state index contributed by atoms with van der Waals surface area (Å²) in [7, 11) is 0. The summed E-state index contributed by atoms with van der Waals surface area (Å²) in [6.45, 7) is 2.82. The summed E-state index contributed by atoms with van der Waals surface area (Å²) < 4.78 is 13.3. The Morgan fingerprint density at radius 3 is 3.00 bits per heavy atom. The fourth-order valence-corrected chi connectivity index (χ4v) is 1.99. The molecule has 1 rings (SSSR count). The first-order valence-corrected chi connectivity index (χ1v) is 6.44. The van der Waals surface area contributed by atoms with E-state index in [1.54, 1.807) is 11.8 Å². The highest BCUT2D eigenvalue weighted by atomic mass is 35.5. The first-order valence-electron chi connectivity index (χ1n) is 4.67. The maximum atomic E-state index is 13.3. The Morgan fingerprint density at radius 1 is 1.67 bits per heavy atom. The normalized spacial score (nSPS) is 12.5. The number of rotatable bonds is 5. The van der Waals surface area contributed by atoms with E-state index in [2.05, 4.69) is 23.5 Å². The van der Waals surface area contributed by atoms with Crippen molar-refractivity contribution in [3.63, 3.8) is 0 Å². The zero-order valence-electron chi connectivity index (χ0n) is 8.76. The molecule has 2 nitrogen and oxygen atoms in total. The van der Waals surface area contributed by atoms with Gasteiger partial charge in [0.1, 0.15) is 0 Å². The Bertz CT molecular complexity index is 322. The molecular formula is C10H14ClFN2S. The van der Waals surface area contributed by atoms with Gasteiger partial charge in [0.25, 0.3) is 0 Å². The summed E-state index contributed by atoms with van der Waals surface area (Å²) in [5.74, 6) is 1.39. The van der Waals surface area contributed by atoms with E-state index < -0.39 is 5.82 Å². The van der Waals surface area contributed by atoms with Crippen LogP contribution < -0.4 is 5.32 Å². The SMILES string of the molecule is CSCC(C)CNc1ncc(Cl)cc1F. The molecule has 5 heteroatoms. The van der Waals surface area contributed by atoms with Gasteiger partial charge in [0.05, 0.1) is 5.02 Å². The van der Waals surface area contributed by atoms with Crippen LogP contribution in [0, 0.1) is 11.7 Å². The van der Waals surface area contributed by atoms with Crippen LogP contribution in [0.1, 0.15) is 6.92 Å². The van der Waals surface area contributed by atoms with E-state index in [-0.39, 0.29) is 5.82 Å². The molecule has 1 heterocycles. The molecule has 0 saturated carbocycles. The van der Waals surface area contributed by atoms with Crippen molar-refractivity contribution < 1.29 is 4.39 Å². The topological polar surface area (TPSA) is 24.9 Å². The van der Waals surface area contributed by atoms with E-state index in [1.165, 1.54) is 12.3 Å². The quantitative estimate of drug-likeness (QED) is 0.866. The largest absolute Gasteiger partial charge is 0.367 e. The van der Waals surface area contributed by atoms with Crippen molar-refractivity contribution in [1.29, 1.82) is 0 Å². The van der Waals surface area contributed by atoms with E-state index in [4.69, 9.17) is 11.6 Å². The predicted octanol–water partition coefficient (Wildman–Crippen LogP) is 3.29. The fourth-order valence-electron chi connectivity index (χ4n) is 1.16. The van der Waals surface area contributed by atoms with Gasteiger partial charge in [-0.2, -0.15) is 11.8 Å². The van der Waals surface area contributed by atoms with Gasteiger partial charge >= 0.3 is 0 Å². The van der Waals surface area contributed by atoms with Crippen molar-refractivity contribution in [2.45, 2.75) is 6.92 Å². The highest BCUT2D eigenvalue weighted by Gasteiger charge is 2.06. The third-order valence-electron chi connectivity index (χ3n) is 1.88. The predicted molar refractivity (Wildman–Crippen MR) is 65.2 cm³/mol. The van der Waals surface area contributed by atoms with Gasteiger partial charge < -0.3 is 5.32 Å². The third-order valence-corrected chi connectivity index (χ3v) is 2.99. The molecule has 1 aromatic rings. The molecule has 0 aliphatic rings. The molecule has 0 aromatic carbocycles. The van der Waals surface area contributed by atoms with Gasteiger partial charge in [0, 0.05) is 12.7 Å². The molecule has 0 saturated heterocycles. The lowest BCUT2D eigenvalue weighted by Crippen LogP contribution is -2.14. The van der Waals surface area contributed by atoms with Gasteiger partial charge in [-0.3, -0.25) is 0 Å². The number of thioether (sulfide) groups is 1. The zero-order chi connectivity index (χ0) is 11.3. The lowest BCUT2D eigenvalue weighted by molar-refractivity contribution is 0.618. The maximum absolute atomic E-state index is 13.3. The van der Waals surface area contributed by atoms with Crippen molar-refractivity contribution in [1.82, 2.24) is 4.98 Å². The summed E-state index contributed by atoms with van der Waals surface area (Å²) in [6, 6.07) is 1.26. The first-order chi connectivity index (χ1) is 7.13. The van der Waals surface area contributed by atoms with Crippen LogP contribution in [0.15, 0.2) is 12.3 Å². The molecule has 84 valence electrons. The molecule has 1 N–H and O–H groups in total. The zero-order valence-corrected chi connectivity index (χ0v) is 10.3. The first kappa shape index (κ1) is 12.6. The number of aromatic nitrogens is 1. The smallest absolute Gasteiger partial charge is 0.166 e. The monoisotopic (exact) mass is 248 g/mol. The van der Waals surface area contributed by atoms with Crippen LogP contribution in [0.25, 0.3) is 0 Å². The molecule has 0 aliphatic carbocycles. The van der Waals surface area contributed by atoms with Crippen LogP contribution in [-0.4, -0.2) is 23.5 Å². The molecule has 15 heavy (non-hydrogen) atoms. The van der Waals surface area contributed by atoms with Crippen LogP contribution in [0.5, 0.6) is 0 Å². The number of nitrogens with zero attached hydrogens (tertiary/aromatic N) is 1. The van der Waals surface area contributed by atoms with Crippen molar-refractivity contribution >= 4 is 29.2 Å². The lowest BCUT2D eigenvalue weighted by atomic mass is 10.2. The third kappa shape index (κ3) is 4.26. The van der Waals surface area contributed by atoms with E-state index in [0.29, 0.717) is 17.5 Å². The Balaban J connectivity index is 2.50. The summed E-state index contributed by atoms with van der Waals surface area (Å²) >= 11 is 7.37. The second-order valence-corrected chi connectivity index (χ2v) is 4.77. The van der Waals surface area contributed by atoms with Crippen molar-refractivity contribution in [2.75, 3.05) is 23.9 Å². The summed E-state index contributed by atoms with van der Waals surface area (Å²) in [5.41, 5.74) is 0.